The number of nitrogens with one attached hydrogen (secondary N) is 1. The maximum absolute atomic E-state index is 12.2. The molecule has 0 bridgehead atoms. The van der Waals surface area contributed by atoms with Crippen LogP contribution >= 0.6 is 11.3 Å². The van der Waals surface area contributed by atoms with Crippen molar-refractivity contribution in [3.8, 4) is 11.5 Å². The SMILES string of the molecule is C[C@H](Cn1nc(-c2ccco2)ccc1=O)C(=O)NCc1cccs1. The Labute approximate surface area is 142 Å². The zero-order valence-corrected chi connectivity index (χ0v) is 14.0. The summed E-state index contributed by atoms with van der Waals surface area (Å²) in [4.78, 5) is 25.3. The lowest BCUT2D eigenvalue weighted by Crippen LogP contribution is -2.34. The second kappa shape index (κ2) is 7.27. The summed E-state index contributed by atoms with van der Waals surface area (Å²) in [6.45, 7) is 2.48. The van der Waals surface area contributed by atoms with Gasteiger partial charge in [0.2, 0.25) is 5.91 Å². The number of nitrogens with zero attached hydrogens (tertiary/aromatic N) is 2. The fourth-order valence-electron chi connectivity index (χ4n) is 2.24. The summed E-state index contributed by atoms with van der Waals surface area (Å²) in [5, 5.41) is 9.12. The number of carbonyl (C=O) groups is 1. The van der Waals surface area contributed by atoms with E-state index >= 15 is 0 Å². The Balaban J connectivity index is 1.67. The van der Waals surface area contributed by atoms with Gasteiger partial charge in [-0.05, 0) is 29.6 Å². The largest absolute Gasteiger partial charge is 0.463 e. The molecule has 3 aromatic heterocycles. The highest BCUT2D eigenvalue weighted by molar-refractivity contribution is 7.09. The molecule has 6 nitrogen and oxygen atoms in total. The molecule has 3 aromatic rings. The van der Waals surface area contributed by atoms with Gasteiger partial charge < -0.3 is 9.73 Å². The van der Waals surface area contributed by atoms with E-state index in [1.165, 1.54) is 10.7 Å². The van der Waals surface area contributed by atoms with E-state index in [1.54, 1.807) is 42.7 Å². The Morgan fingerprint density at radius 1 is 1.33 bits per heavy atom. The first-order chi connectivity index (χ1) is 11.6. The van der Waals surface area contributed by atoms with Crippen molar-refractivity contribution >= 4 is 17.2 Å². The third kappa shape index (κ3) is 3.80. The van der Waals surface area contributed by atoms with Gasteiger partial charge >= 0.3 is 0 Å². The zero-order valence-electron chi connectivity index (χ0n) is 13.1. The minimum absolute atomic E-state index is 0.111. The third-order valence-electron chi connectivity index (χ3n) is 3.55. The van der Waals surface area contributed by atoms with Crippen molar-refractivity contribution in [2.24, 2.45) is 5.92 Å². The van der Waals surface area contributed by atoms with E-state index in [9.17, 15) is 9.59 Å². The van der Waals surface area contributed by atoms with Gasteiger partial charge in [0.25, 0.3) is 5.56 Å². The number of amides is 1. The van der Waals surface area contributed by atoms with E-state index < -0.39 is 0 Å². The van der Waals surface area contributed by atoms with Crippen LogP contribution in [0.5, 0.6) is 0 Å². The molecule has 0 saturated heterocycles. The lowest BCUT2D eigenvalue weighted by Gasteiger charge is -2.13. The van der Waals surface area contributed by atoms with Crippen molar-refractivity contribution in [3.63, 3.8) is 0 Å². The number of furan rings is 1. The van der Waals surface area contributed by atoms with Crippen LogP contribution in [-0.2, 0) is 17.9 Å². The summed E-state index contributed by atoms with van der Waals surface area (Å²) in [7, 11) is 0. The van der Waals surface area contributed by atoms with Gasteiger partial charge in [0.05, 0.1) is 25.3 Å². The van der Waals surface area contributed by atoms with Crippen molar-refractivity contribution in [3.05, 3.63) is 63.3 Å². The molecular weight excluding hydrogens is 326 g/mol. The van der Waals surface area contributed by atoms with Crippen molar-refractivity contribution in [2.45, 2.75) is 20.0 Å². The van der Waals surface area contributed by atoms with E-state index in [0.717, 1.165) is 4.88 Å². The molecule has 0 spiro atoms. The highest BCUT2D eigenvalue weighted by Gasteiger charge is 2.15. The summed E-state index contributed by atoms with van der Waals surface area (Å²) in [5.74, 6) is 0.0982. The Bertz CT molecular complexity index is 854. The molecule has 0 unspecified atom stereocenters. The number of carbonyl (C=O) groups excluding carboxylic acids is 1. The van der Waals surface area contributed by atoms with Gasteiger partial charge in [-0.15, -0.1) is 11.3 Å². The number of aromatic nitrogens is 2. The van der Waals surface area contributed by atoms with Crippen LogP contribution in [0.3, 0.4) is 0 Å². The lowest BCUT2D eigenvalue weighted by atomic mass is 10.1. The first-order valence-corrected chi connectivity index (χ1v) is 8.43. The molecule has 0 aliphatic heterocycles. The maximum atomic E-state index is 12.2. The Kier molecular flexibility index (Phi) is 4.90. The number of thiophene rings is 1. The van der Waals surface area contributed by atoms with Gasteiger partial charge in [-0.2, -0.15) is 5.10 Å². The van der Waals surface area contributed by atoms with Gasteiger partial charge in [-0.3, -0.25) is 9.59 Å². The maximum Gasteiger partial charge on any atom is 0.266 e. The summed E-state index contributed by atoms with van der Waals surface area (Å²) in [6, 6.07) is 10.5. The van der Waals surface area contributed by atoms with Crippen LogP contribution in [0.2, 0.25) is 0 Å². The Hall–Kier alpha value is -2.67. The van der Waals surface area contributed by atoms with Crippen LogP contribution in [0.1, 0.15) is 11.8 Å². The third-order valence-corrected chi connectivity index (χ3v) is 4.43. The zero-order chi connectivity index (χ0) is 16.9. The molecule has 0 aliphatic carbocycles. The topological polar surface area (TPSA) is 77.1 Å². The standard InChI is InChI=1S/C17H17N3O3S/c1-12(17(22)18-10-13-4-3-9-24-13)11-20-16(21)7-6-14(19-20)15-5-2-8-23-15/h2-9,12H,10-11H2,1H3,(H,18,22)/t12-/m1/s1. The molecule has 3 rings (SSSR count). The second-order valence-corrected chi connectivity index (χ2v) is 6.45. The number of hydrogen-bond donors (Lipinski definition) is 1. The molecule has 1 atom stereocenters. The molecule has 1 N–H and O–H groups in total. The van der Waals surface area contributed by atoms with Crippen LogP contribution in [0.25, 0.3) is 11.5 Å². The molecule has 1 amide bonds. The summed E-state index contributed by atoms with van der Waals surface area (Å²) >= 11 is 1.59. The monoisotopic (exact) mass is 343 g/mol. The summed E-state index contributed by atoms with van der Waals surface area (Å²) in [5.41, 5.74) is 0.314. The van der Waals surface area contributed by atoms with Crippen LogP contribution in [0.4, 0.5) is 0 Å². The number of hydrogen-bond acceptors (Lipinski definition) is 5. The van der Waals surface area contributed by atoms with Crippen molar-refractivity contribution in [1.29, 1.82) is 0 Å². The highest BCUT2D eigenvalue weighted by Crippen LogP contribution is 2.15. The van der Waals surface area contributed by atoms with Gasteiger partial charge in [0.1, 0.15) is 5.69 Å². The summed E-state index contributed by atoms with van der Waals surface area (Å²) in [6.07, 6.45) is 1.55. The lowest BCUT2D eigenvalue weighted by molar-refractivity contribution is -0.125. The molecule has 7 heteroatoms. The van der Waals surface area contributed by atoms with Crippen LogP contribution in [0, 0.1) is 5.92 Å². The smallest absolute Gasteiger partial charge is 0.266 e. The van der Waals surface area contributed by atoms with Gasteiger partial charge in [0.15, 0.2) is 5.76 Å². The van der Waals surface area contributed by atoms with E-state index in [-0.39, 0.29) is 23.9 Å². The Morgan fingerprint density at radius 3 is 2.92 bits per heavy atom. The van der Waals surface area contributed by atoms with E-state index in [2.05, 4.69) is 10.4 Å². The first-order valence-electron chi connectivity index (χ1n) is 7.55. The van der Waals surface area contributed by atoms with Crippen LogP contribution in [0.15, 0.2) is 57.3 Å². The fourth-order valence-corrected chi connectivity index (χ4v) is 2.88. The number of rotatable bonds is 6. The minimum Gasteiger partial charge on any atom is -0.463 e. The van der Waals surface area contributed by atoms with Gasteiger partial charge in [-0.25, -0.2) is 4.68 Å². The molecule has 0 saturated carbocycles. The molecule has 0 fully saturated rings. The second-order valence-electron chi connectivity index (χ2n) is 5.41. The predicted octanol–water partition coefficient (Wildman–Crippen LogP) is 2.52. The summed E-state index contributed by atoms with van der Waals surface area (Å²) < 4.78 is 6.59. The quantitative estimate of drug-likeness (QED) is 0.746. The average molecular weight is 343 g/mol. The van der Waals surface area contributed by atoms with E-state index in [1.807, 2.05) is 17.5 Å². The molecule has 124 valence electrons. The van der Waals surface area contributed by atoms with Gasteiger partial charge in [-0.1, -0.05) is 13.0 Å². The molecule has 3 heterocycles. The molecule has 0 aliphatic rings. The van der Waals surface area contributed by atoms with Gasteiger partial charge in [0, 0.05) is 10.9 Å². The van der Waals surface area contributed by atoms with Crippen LogP contribution in [-0.4, -0.2) is 15.7 Å². The normalized spacial score (nSPS) is 12.0. The van der Waals surface area contributed by atoms with Crippen molar-refractivity contribution < 1.29 is 9.21 Å². The van der Waals surface area contributed by atoms with E-state index in [4.69, 9.17) is 4.42 Å². The molecule has 0 radical (unpaired) electrons. The average Bonchev–Trinajstić information content (AvgIpc) is 3.28. The highest BCUT2D eigenvalue weighted by atomic mass is 32.1. The van der Waals surface area contributed by atoms with Crippen molar-refractivity contribution in [2.75, 3.05) is 0 Å². The Morgan fingerprint density at radius 2 is 2.21 bits per heavy atom. The molecular formula is C17H17N3O3S. The molecule has 24 heavy (non-hydrogen) atoms. The van der Waals surface area contributed by atoms with Crippen LogP contribution < -0.4 is 10.9 Å². The minimum atomic E-state index is -0.373. The van der Waals surface area contributed by atoms with E-state index in [0.29, 0.717) is 18.0 Å². The predicted molar refractivity (Wildman–Crippen MR) is 91.5 cm³/mol. The fraction of sp³-hybridized carbons (Fsp3) is 0.235. The van der Waals surface area contributed by atoms with Crippen molar-refractivity contribution in [1.82, 2.24) is 15.1 Å². The first kappa shape index (κ1) is 16.2. The molecule has 0 aromatic carbocycles.